The van der Waals surface area contributed by atoms with Crippen LogP contribution in [0.2, 0.25) is 10.0 Å². The molecule has 0 aromatic heterocycles. The topological polar surface area (TPSA) is 112 Å². The molecule has 5 atom stereocenters. The molecule has 2 aliphatic carbocycles. The van der Waals surface area contributed by atoms with E-state index in [-0.39, 0.29) is 54.0 Å². The van der Waals surface area contributed by atoms with Crippen LogP contribution in [-0.4, -0.2) is 53.4 Å². The summed E-state index contributed by atoms with van der Waals surface area (Å²) in [5, 5.41) is 16.4. The van der Waals surface area contributed by atoms with Gasteiger partial charge in [0.15, 0.2) is 6.61 Å². The molecule has 186 valence electrons. The van der Waals surface area contributed by atoms with Crippen molar-refractivity contribution in [1.82, 2.24) is 15.5 Å². The molecule has 4 fully saturated rings. The van der Waals surface area contributed by atoms with Crippen LogP contribution in [0, 0.1) is 29.1 Å². The first-order valence-corrected chi connectivity index (χ1v) is 12.9. The molecular formula is C25H28Cl2N4O4. The van der Waals surface area contributed by atoms with E-state index in [1.54, 1.807) is 17.0 Å². The van der Waals surface area contributed by atoms with E-state index in [0.29, 0.717) is 28.8 Å². The third-order valence-electron chi connectivity index (χ3n) is 7.97. The van der Waals surface area contributed by atoms with Gasteiger partial charge >= 0.3 is 0 Å². The van der Waals surface area contributed by atoms with Gasteiger partial charge in [0.05, 0.1) is 11.1 Å². The fourth-order valence-electron chi connectivity index (χ4n) is 6.05. The third-order valence-corrected chi connectivity index (χ3v) is 8.50. The Morgan fingerprint density at radius 3 is 2.80 bits per heavy atom. The van der Waals surface area contributed by atoms with Crippen molar-refractivity contribution < 1.29 is 19.1 Å². The quantitative estimate of drug-likeness (QED) is 0.575. The number of halogens is 2. The summed E-state index contributed by atoms with van der Waals surface area (Å²) in [6, 6.07) is 5.48. The maximum Gasteiger partial charge on any atom is 0.261 e. The predicted octanol–water partition coefficient (Wildman–Crippen LogP) is 3.07. The maximum atomic E-state index is 13.4. The highest BCUT2D eigenvalue weighted by molar-refractivity contribution is 6.35. The van der Waals surface area contributed by atoms with E-state index < -0.39 is 12.1 Å². The van der Waals surface area contributed by atoms with Crippen molar-refractivity contribution in [2.24, 2.45) is 17.8 Å². The van der Waals surface area contributed by atoms with E-state index in [1.807, 2.05) is 0 Å². The number of rotatable bonds is 7. The maximum absolute atomic E-state index is 13.4. The lowest BCUT2D eigenvalue weighted by molar-refractivity contribution is -0.141. The predicted molar refractivity (Wildman–Crippen MR) is 129 cm³/mol. The van der Waals surface area contributed by atoms with E-state index in [2.05, 4.69) is 16.7 Å². The van der Waals surface area contributed by atoms with E-state index in [4.69, 9.17) is 27.9 Å². The molecule has 2 heterocycles. The Morgan fingerprint density at radius 2 is 2.11 bits per heavy atom. The van der Waals surface area contributed by atoms with Gasteiger partial charge in [-0.05, 0) is 68.6 Å². The van der Waals surface area contributed by atoms with Crippen LogP contribution in [0.15, 0.2) is 18.2 Å². The fourth-order valence-corrected chi connectivity index (χ4v) is 6.51. The van der Waals surface area contributed by atoms with Gasteiger partial charge in [-0.15, -0.1) is 0 Å². The van der Waals surface area contributed by atoms with Crippen LogP contribution in [0.25, 0.3) is 0 Å². The molecule has 2 N–H and O–H groups in total. The lowest BCUT2D eigenvalue weighted by atomic mass is 9.92. The zero-order valence-electron chi connectivity index (χ0n) is 19.3. The minimum atomic E-state index is -0.784. The lowest BCUT2D eigenvalue weighted by Gasteiger charge is -2.28. The molecule has 1 aromatic carbocycles. The van der Waals surface area contributed by atoms with Gasteiger partial charge in [0, 0.05) is 23.0 Å². The molecule has 3 amide bonds. The summed E-state index contributed by atoms with van der Waals surface area (Å²) in [6.07, 6.45) is 5.79. The highest BCUT2D eigenvalue weighted by Crippen LogP contribution is 2.46. The summed E-state index contributed by atoms with van der Waals surface area (Å²) in [7, 11) is 0. The molecule has 1 spiro atoms. The van der Waals surface area contributed by atoms with Crippen molar-refractivity contribution in [3.05, 3.63) is 28.2 Å². The fraction of sp³-hybridized carbons (Fsp3) is 0.600. The molecular weight excluding hydrogens is 491 g/mol. The van der Waals surface area contributed by atoms with E-state index >= 15 is 0 Å². The van der Waals surface area contributed by atoms with Gasteiger partial charge in [0.25, 0.3) is 5.91 Å². The smallest absolute Gasteiger partial charge is 0.261 e. The van der Waals surface area contributed by atoms with Crippen LogP contribution >= 0.6 is 23.2 Å². The van der Waals surface area contributed by atoms with E-state index in [0.717, 1.165) is 32.1 Å². The highest BCUT2D eigenvalue weighted by Gasteiger charge is 2.53. The molecule has 0 bridgehead atoms. The van der Waals surface area contributed by atoms with Crippen LogP contribution < -0.4 is 15.4 Å². The first-order valence-electron chi connectivity index (χ1n) is 12.2. The second-order valence-electron chi connectivity index (χ2n) is 10.3. The number of nitrogens with one attached hydrogen (secondary N) is 2. The Balaban J connectivity index is 1.24. The molecule has 0 unspecified atom stereocenters. The average molecular weight is 519 g/mol. The number of nitrogens with zero attached hydrogens (tertiary/aromatic N) is 2. The van der Waals surface area contributed by atoms with Gasteiger partial charge in [-0.1, -0.05) is 29.6 Å². The standard InChI is InChI=1S/C25H28Cl2N4O4/c26-16-4-5-20(19(27)9-16)35-13-21(32)31-12-14-2-1-3-18(14)22(31)24(34)29-17(11-28)8-15-10-25(6-7-25)30-23(15)33/h4-5,9,14-15,17-18,22H,1-3,6-8,10,12-13H2,(H,29,34)(H,30,33)/t14-,15+,17-,18-,22-/m0/s1. The first kappa shape index (κ1) is 24.2. The van der Waals surface area contributed by atoms with Gasteiger partial charge in [-0.3, -0.25) is 14.4 Å². The summed E-state index contributed by atoms with van der Waals surface area (Å²) in [5.74, 6) is -0.290. The Morgan fingerprint density at radius 1 is 1.31 bits per heavy atom. The SMILES string of the molecule is N#C[C@H](C[C@@H]1CC2(CC2)NC1=O)NC(=O)[C@@H]1[C@H]2CCC[C@H]2CN1C(=O)COc1ccc(Cl)cc1Cl. The van der Waals surface area contributed by atoms with Crippen molar-refractivity contribution in [2.45, 2.75) is 62.6 Å². The van der Waals surface area contributed by atoms with Crippen LogP contribution in [0.4, 0.5) is 0 Å². The number of benzene rings is 1. The minimum absolute atomic E-state index is 0.0384. The summed E-state index contributed by atoms with van der Waals surface area (Å²) >= 11 is 12.1. The Kier molecular flexibility index (Phi) is 6.58. The monoisotopic (exact) mass is 518 g/mol. The van der Waals surface area contributed by atoms with Gasteiger partial charge in [0.2, 0.25) is 11.8 Å². The average Bonchev–Trinajstić information content (AvgIpc) is 3.13. The zero-order chi connectivity index (χ0) is 24.7. The molecule has 35 heavy (non-hydrogen) atoms. The summed E-state index contributed by atoms with van der Waals surface area (Å²) in [5.41, 5.74) is -0.0789. The number of hydrogen-bond acceptors (Lipinski definition) is 5. The second kappa shape index (κ2) is 9.51. The van der Waals surface area contributed by atoms with Crippen LogP contribution in [0.3, 0.4) is 0 Å². The number of carbonyl (C=O) groups excluding carboxylic acids is 3. The molecule has 10 heteroatoms. The third kappa shape index (κ3) is 4.94. The van der Waals surface area contributed by atoms with Crippen LogP contribution in [0.1, 0.15) is 44.9 Å². The number of carbonyl (C=O) groups is 3. The van der Waals surface area contributed by atoms with Gasteiger partial charge < -0.3 is 20.3 Å². The van der Waals surface area contributed by atoms with Crippen LogP contribution in [-0.2, 0) is 14.4 Å². The van der Waals surface area contributed by atoms with Crippen molar-refractivity contribution >= 4 is 40.9 Å². The van der Waals surface area contributed by atoms with Crippen LogP contribution in [0.5, 0.6) is 5.75 Å². The summed E-state index contributed by atoms with van der Waals surface area (Å²) in [4.78, 5) is 40.4. The van der Waals surface area contributed by atoms with E-state index in [9.17, 15) is 19.6 Å². The van der Waals surface area contributed by atoms with E-state index in [1.165, 1.54) is 6.07 Å². The number of likely N-dealkylation sites (tertiary alicyclic amines) is 1. The number of fused-ring (bicyclic) bond motifs is 1. The molecule has 8 nitrogen and oxygen atoms in total. The number of ether oxygens (including phenoxy) is 1. The molecule has 4 aliphatic rings. The first-order chi connectivity index (χ1) is 16.8. The molecule has 2 aliphatic heterocycles. The Labute approximate surface area is 214 Å². The number of hydrogen-bond donors (Lipinski definition) is 2. The molecule has 2 saturated carbocycles. The van der Waals surface area contributed by atoms with Crippen molar-refractivity contribution in [3.8, 4) is 11.8 Å². The Bertz CT molecular complexity index is 1090. The molecule has 5 rings (SSSR count). The number of nitriles is 1. The zero-order valence-corrected chi connectivity index (χ0v) is 20.8. The lowest BCUT2D eigenvalue weighted by Crippen LogP contribution is -2.52. The van der Waals surface area contributed by atoms with Gasteiger partial charge in [-0.2, -0.15) is 5.26 Å². The van der Waals surface area contributed by atoms with Gasteiger partial charge in [0.1, 0.15) is 17.8 Å². The largest absolute Gasteiger partial charge is 0.482 e. The van der Waals surface area contributed by atoms with Crippen molar-refractivity contribution in [2.75, 3.05) is 13.2 Å². The Hall–Kier alpha value is -2.50. The minimum Gasteiger partial charge on any atom is -0.482 e. The molecule has 1 aromatic rings. The second-order valence-corrected chi connectivity index (χ2v) is 11.1. The number of amides is 3. The highest BCUT2D eigenvalue weighted by atomic mass is 35.5. The van der Waals surface area contributed by atoms with Crippen molar-refractivity contribution in [3.63, 3.8) is 0 Å². The molecule has 2 saturated heterocycles. The normalized spacial score (nSPS) is 28.8. The molecule has 0 radical (unpaired) electrons. The summed E-state index contributed by atoms with van der Waals surface area (Å²) < 4.78 is 5.63. The van der Waals surface area contributed by atoms with Crippen molar-refractivity contribution in [1.29, 1.82) is 5.26 Å². The van der Waals surface area contributed by atoms with Gasteiger partial charge in [-0.25, -0.2) is 0 Å². The summed E-state index contributed by atoms with van der Waals surface area (Å²) in [6.45, 7) is 0.237.